The summed E-state index contributed by atoms with van der Waals surface area (Å²) in [4.78, 5) is 3.99. The average Bonchev–Trinajstić information content (AvgIpc) is 2.36. The van der Waals surface area contributed by atoms with E-state index in [0.29, 0.717) is 16.8 Å². The number of hydrogen-bond donors (Lipinski definition) is 3. The summed E-state index contributed by atoms with van der Waals surface area (Å²) in [5.74, 6) is 5.20. The summed E-state index contributed by atoms with van der Waals surface area (Å²) < 4.78 is 13.9. The van der Waals surface area contributed by atoms with Crippen molar-refractivity contribution >= 4 is 5.69 Å². The van der Waals surface area contributed by atoms with Gasteiger partial charge in [0.05, 0.1) is 6.04 Å². The monoisotopic (exact) mass is 246 g/mol. The summed E-state index contributed by atoms with van der Waals surface area (Å²) in [6, 6.07) is 6.01. The molecule has 1 atom stereocenters. The van der Waals surface area contributed by atoms with Gasteiger partial charge in [-0.1, -0.05) is 17.7 Å². The van der Waals surface area contributed by atoms with Crippen molar-refractivity contribution in [1.82, 2.24) is 10.4 Å². The summed E-state index contributed by atoms with van der Waals surface area (Å²) in [6.07, 6.45) is 3.17. The molecule has 1 unspecified atom stereocenters. The molecular formula is C13H15FN4. The molecule has 0 spiro atoms. The normalized spacial score (nSPS) is 12.4. The fraction of sp³-hybridized carbons (Fsp3) is 0.154. The standard InChI is InChI=1S/C13H15FN4/c1-8-2-3-11(14)9(6-8)13(18-16)10-7-17-5-4-12(10)15/h2-7,13,18H,16H2,1H3,(H2,15,17). The van der Waals surface area contributed by atoms with Crippen LogP contribution in [0.15, 0.2) is 36.7 Å². The Balaban J connectivity index is 2.52. The second-order valence-electron chi connectivity index (χ2n) is 4.13. The maximum Gasteiger partial charge on any atom is 0.128 e. The minimum Gasteiger partial charge on any atom is -0.398 e. The molecule has 0 aliphatic carbocycles. The van der Waals surface area contributed by atoms with Crippen molar-refractivity contribution in [3.05, 3.63) is 59.2 Å². The molecule has 0 amide bonds. The van der Waals surface area contributed by atoms with Crippen molar-refractivity contribution in [3.8, 4) is 0 Å². The number of benzene rings is 1. The SMILES string of the molecule is Cc1ccc(F)c(C(NN)c2cnccc2N)c1. The van der Waals surface area contributed by atoms with Crippen LogP contribution in [0.3, 0.4) is 0 Å². The number of nitrogens with one attached hydrogen (secondary N) is 1. The lowest BCUT2D eigenvalue weighted by molar-refractivity contribution is 0.559. The molecule has 1 heterocycles. The third-order valence-electron chi connectivity index (χ3n) is 2.83. The summed E-state index contributed by atoms with van der Waals surface area (Å²) in [5, 5.41) is 0. The Hall–Kier alpha value is -1.98. The van der Waals surface area contributed by atoms with Crippen LogP contribution in [0.2, 0.25) is 0 Å². The van der Waals surface area contributed by atoms with Gasteiger partial charge in [-0.15, -0.1) is 0 Å². The molecule has 0 aliphatic heterocycles. The van der Waals surface area contributed by atoms with Crippen molar-refractivity contribution in [3.63, 3.8) is 0 Å². The average molecular weight is 246 g/mol. The van der Waals surface area contributed by atoms with Gasteiger partial charge in [0, 0.05) is 29.2 Å². The molecule has 0 saturated carbocycles. The number of hydrogen-bond acceptors (Lipinski definition) is 4. The topological polar surface area (TPSA) is 77.0 Å². The molecule has 0 fully saturated rings. The number of hydrazine groups is 1. The van der Waals surface area contributed by atoms with E-state index in [1.54, 1.807) is 30.6 Å². The fourth-order valence-electron chi connectivity index (χ4n) is 1.89. The Morgan fingerprint density at radius 1 is 1.28 bits per heavy atom. The van der Waals surface area contributed by atoms with Crippen LogP contribution < -0.4 is 17.0 Å². The highest BCUT2D eigenvalue weighted by atomic mass is 19.1. The number of nitrogens with two attached hydrogens (primary N) is 2. The number of nitrogens with zero attached hydrogens (tertiary/aromatic N) is 1. The zero-order valence-electron chi connectivity index (χ0n) is 10.0. The number of aryl methyl sites for hydroxylation is 1. The smallest absolute Gasteiger partial charge is 0.128 e. The predicted octanol–water partition coefficient (Wildman–Crippen LogP) is 1.66. The van der Waals surface area contributed by atoms with Gasteiger partial charge in [-0.05, 0) is 19.1 Å². The predicted molar refractivity (Wildman–Crippen MR) is 69.0 cm³/mol. The highest BCUT2D eigenvalue weighted by Gasteiger charge is 2.19. The van der Waals surface area contributed by atoms with Gasteiger partial charge in [-0.25, -0.2) is 9.82 Å². The molecule has 18 heavy (non-hydrogen) atoms. The van der Waals surface area contributed by atoms with Crippen molar-refractivity contribution in [2.45, 2.75) is 13.0 Å². The van der Waals surface area contributed by atoms with E-state index in [0.717, 1.165) is 5.56 Å². The first-order chi connectivity index (χ1) is 8.63. The Morgan fingerprint density at radius 3 is 2.72 bits per heavy atom. The number of aromatic nitrogens is 1. The van der Waals surface area contributed by atoms with Gasteiger partial charge in [-0.2, -0.15) is 0 Å². The van der Waals surface area contributed by atoms with Gasteiger partial charge >= 0.3 is 0 Å². The third kappa shape index (κ3) is 2.32. The lowest BCUT2D eigenvalue weighted by atomic mass is 9.97. The fourth-order valence-corrected chi connectivity index (χ4v) is 1.89. The molecule has 2 aromatic rings. The molecule has 1 aromatic carbocycles. The zero-order chi connectivity index (χ0) is 13.1. The zero-order valence-corrected chi connectivity index (χ0v) is 10.0. The van der Waals surface area contributed by atoms with E-state index >= 15 is 0 Å². The van der Waals surface area contributed by atoms with E-state index in [-0.39, 0.29) is 5.82 Å². The van der Waals surface area contributed by atoms with E-state index in [9.17, 15) is 4.39 Å². The molecule has 0 bridgehead atoms. The summed E-state index contributed by atoms with van der Waals surface area (Å²) in [5.41, 5.74) is 11.0. The maximum atomic E-state index is 13.9. The van der Waals surface area contributed by atoms with Crippen molar-refractivity contribution in [2.24, 2.45) is 5.84 Å². The summed E-state index contributed by atoms with van der Waals surface area (Å²) >= 11 is 0. The van der Waals surface area contributed by atoms with Gasteiger partial charge in [0.25, 0.3) is 0 Å². The number of nitrogen functional groups attached to an aromatic ring is 1. The number of halogens is 1. The number of anilines is 1. The minimum atomic E-state index is -0.515. The van der Waals surface area contributed by atoms with Crippen molar-refractivity contribution in [1.29, 1.82) is 0 Å². The molecule has 1 aromatic heterocycles. The Kier molecular flexibility index (Phi) is 3.55. The van der Waals surface area contributed by atoms with Crippen LogP contribution in [0.25, 0.3) is 0 Å². The molecule has 5 heteroatoms. The maximum absolute atomic E-state index is 13.9. The molecule has 5 N–H and O–H groups in total. The van der Waals surface area contributed by atoms with E-state index < -0.39 is 6.04 Å². The van der Waals surface area contributed by atoms with Gasteiger partial charge in [-0.3, -0.25) is 10.8 Å². The third-order valence-corrected chi connectivity index (χ3v) is 2.83. The summed E-state index contributed by atoms with van der Waals surface area (Å²) in [7, 11) is 0. The van der Waals surface area contributed by atoms with Crippen LogP contribution in [-0.2, 0) is 0 Å². The largest absolute Gasteiger partial charge is 0.398 e. The van der Waals surface area contributed by atoms with Crippen LogP contribution in [0, 0.1) is 12.7 Å². The van der Waals surface area contributed by atoms with Gasteiger partial charge in [0.15, 0.2) is 0 Å². The molecule has 0 aliphatic rings. The van der Waals surface area contributed by atoms with E-state index in [4.69, 9.17) is 11.6 Å². The van der Waals surface area contributed by atoms with Crippen LogP contribution in [0.4, 0.5) is 10.1 Å². The van der Waals surface area contributed by atoms with Crippen LogP contribution in [0.5, 0.6) is 0 Å². The van der Waals surface area contributed by atoms with Crippen LogP contribution >= 0.6 is 0 Å². The highest BCUT2D eigenvalue weighted by molar-refractivity contribution is 5.50. The van der Waals surface area contributed by atoms with E-state index in [2.05, 4.69) is 10.4 Å². The molecule has 0 radical (unpaired) electrons. The second kappa shape index (κ2) is 5.12. The Bertz CT molecular complexity index is 556. The van der Waals surface area contributed by atoms with Crippen molar-refractivity contribution < 1.29 is 4.39 Å². The quantitative estimate of drug-likeness (QED) is 0.568. The first-order valence-corrected chi connectivity index (χ1v) is 5.55. The second-order valence-corrected chi connectivity index (χ2v) is 4.13. The molecule has 2 rings (SSSR count). The number of rotatable bonds is 3. The molecular weight excluding hydrogens is 231 g/mol. The minimum absolute atomic E-state index is 0.327. The number of pyridine rings is 1. The van der Waals surface area contributed by atoms with Gasteiger partial charge in [0.2, 0.25) is 0 Å². The molecule has 4 nitrogen and oxygen atoms in total. The summed E-state index contributed by atoms with van der Waals surface area (Å²) in [6.45, 7) is 1.89. The lowest BCUT2D eigenvalue weighted by Crippen LogP contribution is -2.30. The van der Waals surface area contributed by atoms with Crippen LogP contribution in [-0.4, -0.2) is 4.98 Å². The van der Waals surface area contributed by atoms with Crippen molar-refractivity contribution in [2.75, 3.05) is 5.73 Å². The first kappa shape index (κ1) is 12.5. The van der Waals surface area contributed by atoms with Gasteiger partial charge < -0.3 is 5.73 Å². The van der Waals surface area contributed by atoms with Gasteiger partial charge in [0.1, 0.15) is 5.82 Å². The van der Waals surface area contributed by atoms with E-state index in [1.165, 1.54) is 6.07 Å². The highest BCUT2D eigenvalue weighted by Crippen LogP contribution is 2.27. The van der Waals surface area contributed by atoms with Crippen LogP contribution in [0.1, 0.15) is 22.7 Å². The Morgan fingerprint density at radius 2 is 2.06 bits per heavy atom. The first-order valence-electron chi connectivity index (χ1n) is 5.55. The molecule has 0 saturated heterocycles. The van der Waals surface area contributed by atoms with E-state index in [1.807, 2.05) is 6.92 Å². The lowest BCUT2D eigenvalue weighted by Gasteiger charge is -2.19. The Labute approximate surface area is 105 Å². The molecule has 94 valence electrons.